The monoisotopic (exact) mass is 409 g/mol. The molecule has 3 aromatic carbocycles. The molecule has 0 aliphatic rings. The summed E-state index contributed by atoms with van der Waals surface area (Å²) in [6.45, 7) is 0.0288. The van der Waals surface area contributed by atoms with Gasteiger partial charge in [0.1, 0.15) is 5.82 Å². The molecule has 0 unspecified atom stereocenters. The quantitative estimate of drug-likeness (QED) is 0.555. The summed E-state index contributed by atoms with van der Waals surface area (Å²) in [5, 5.41) is 0.950. The Hall–Kier alpha value is -2.08. The van der Waals surface area contributed by atoms with E-state index in [1.165, 1.54) is 16.4 Å². The summed E-state index contributed by atoms with van der Waals surface area (Å²) in [5.74, 6) is -0.506. The summed E-state index contributed by atoms with van der Waals surface area (Å²) in [5.41, 5.74) is 1.08. The van der Waals surface area contributed by atoms with Gasteiger partial charge < -0.3 is 0 Å². The third-order valence-corrected chi connectivity index (χ3v) is 6.20. The van der Waals surface area contributed by atoms with E-state index in [0.29, 0.717) is 21.3 Å². The van der Waals surface area contributed by atoms with Crippen LogP contribution in [0.4, 0.5) is 10.1 Å². The molecule has 3 nitrogen and oxygen atoms in total. The van der Waals surface area contributed by atoms with Crippen LogP contribution in [0.5, 0.6) is 0 Å². The third kappa shape index (κ3) is 4.01. The van der Waals surface area contributed by atoms with Crippen molar-refractivity contribution < 1.29 is 12.8 Å². The van der Waals surface area contributed by atoms with E-state index >= 15 is 0 Å². The molecule has 0 amide bonds. The summed E-state index contributed by atoms with van der Waals surface area (Å²) in [6, 6.07) is 18.1. The number of hydrogen-bond acceptors (Lipinski definition) is 2. The minimum absolute atomic E-state index is 0.0131. The highest BCUT2D eigenvalue weighted by atomic mass is 35.5. The maximum atomic E-state index is 13.2. The largest absolute Gasteiger partial charge is 0.264 e. The number of rotatable bonds is 5. The van der Waals surface area contributed by atoms with Gasteiger partial charge in [0.2, 0.25) is 0 Å². The zero-order valence-corrected chi connectivity index (χ0v) is 15.8. The topological polar surface area (TPSA) is 37.4 Å². The van der Waals surface area contributed by atoms with Gasteiger partial charge in [-0.25, -0.2) is 12.8 Å². The van der Waals surface area contributed by atoms with Crippen molar-refractivity contribution in [3.63, 3.8) is 0 Å². The van der Waals surface area contributed by atoms with Crippen LogP contribution in [0, 0.1) is 5.82 Å². The molecule has 3 rings (SSSR count). The molecule has 0 aromatic heterocycles. The van der Waals surface area contributed by atoms with Gasteiger partial charge in [-0.3, -0.25) is 4.31 Å². The van der Waals surface area contributed by atoms with Crippen molar-refractivity contribution >= 4 is 38.9 Å². The van der Waals surface area contributed by atoms with Gasteiger partial charge in [-0.2, -0.15) is 0 Å². The molecule has 0 saturated heterocycles. The maximum Gasteiger partial charge on any atom is 0.264 e. The van der Waals surface area contributed by atoms with Crippen LogP contribution in [0.25, 0.3) is 0 Å². The maximum absolute atomic E-state index is 13.2. The molecule has 0 heterocycles. The lowest BCUT2D eigenvalue weighted by Crippen LogP contribution is -2.30. The smallest absolute Gasteiger partial charge is 0.262 e. The van der Waals surface area contributed by atoms with Crippen LogP contribution >= 0.6 is 23.2 Å². The van der Waals surface area contributed by atoms with E-state index in [1.54, 1.807) is 48.5 Å². The van der Waals surface area contributed by atoms with Crippen molar-refractivity contribution in [2.24, 2.45) is 0 Å². The van der Waals surface area contributed by atoms with Crippen molar-refractivity contribution in [1.82, 2.24) is 0 Å². The van der Waals surface area contributed by atoms with Crippen LogP contribution in [0.1, 0.15) is 5.56 Å². The Morgan fingerprint density at radius 2 is 1.46 bits per heavy atom. The minimum atomic E-state index is -3.93. The Morgan fingerprint density at radius 1 is 0.846 bits per heavy atom. The fraction of sp³-hybridized carbons (Fsp3) is 0.0526. The molecule has 0 fully saturated rings. The zero-order chi connectivity index (χ0) is 18.7. The average Bonchev–Trinajstić information content (AvgIpc) is 2.62. The Morgan fingerprint density at radius 3 is 2.08 bits per heavy atom. The highest BCUT2D eigenvalue weighted by molar-refractivity contribution is 7.92. The first kappa shape index (κ1) is 18.7. The molecule has 0 N–H and O–H groups in total. The molecule has 0 bridgehead atoms. The Kier molecular flexibility index (Phi) is 5.51. The third-order valence-electron chi connectivity index (χ3n) is 3.79. The van der Waals surface area contributed by atoms with E-state index in [-0.39, 0.29) is 11.4 Å². The summed E-state index contributed by atoms with van der Waals surface area (Å²) >= 11 is 12.1. The SMILES string of the molecule is O=S(=O)(c1ccc(F)cc1)N(Cc1ccccc1Cl)c1ccc(Cl)cc1. The first-order valence-electron chi connectivity index (χ1n) is 7.65. The lowest BCUT2D eigenvalue weighted by atomic mass is 10.2. The van der Waals surface area contributed by atoms with E-state index < -0.39 is 15.8 Å². The second kappa shape index (κ2) is 7.66. The van der Waals surface area contributed by atoms with Gasteiger partial charge >= 0.3 is 0 Å². The highest BCUT2D eigenvalue weighted by Crippen LogP contribution is 2.29. The van der Waals surface area contributed by atoms with E-state index in [1.807, 2.05) is 0 Å². The molecule has 7 heteroatoms. The Bertz CT molecular complexity index is 1010. The number of halogens is 3. The molecule has 0 aliphatic carbocycles. The number of benzene rings is 3. The summed E-state index contributed by atoms with van der Waals surface area (Å²) < 4.78 is 40.8. The predicted molar refractivity (Wildman–Crippen MR) is 103 cm³/mol. The Labute approximate surface area is 161 Å². The Balaban J connectivity index is 2.09. The van der Waals surface area contributed by atoms with Gasteiger partial charge in [-0.05, 0) is 60.2 Å². The molecular weight excluding hydrogens is 396 g/mol. The first-order valence-corrected chi connectivity index (χ1v) is 9.85. The molecular formula is C19H14Cl2FNO2S. The number of sulfonamides is 1. The van der Waals surface area contributed by atoms with Gasteiger partial charge in [0.25, 0.3) is 10.0 Å². The van der Waals surface area contributed by atoms with E-state index in [2.05, 4.69) is 0 Å². The van der Waals surface area contributed by atoms with Crippen molar-refractivity contribution in [2.75, 3.05) is 4.31 Å². The minimum Gasteiger partial charge on any atom is -0.262 e. The average molecular weight is 410 g/mol. The van der Waals surface area contributed by atoms with Gasteiger partial charge in [0.15, 0.2) is 0 Å². The van der Waals surface area contributed by atoms with E-state index in [9.17, 15) is 12.8 Å². The second-order valence-corrected chi connectivity index (χ2v) is 8.24. The molecule has 0 saturated carbocycles. The predicted octanol–water partition coefficient (Wildman–Crippen LogP) is 5.53. The van der Waals surface area contributed by atoms with Crippen LogP contribution < -0.4 is 4.31 Å². The highest BCUT2D eigenvalue weighted by Gasteiger charge is 2.26. The van der Waals surface area contributed by atoms with Gasteiger partial charge in [-0.1, -0.05) is 41.4 Å². The summed E-state index contributed by atoms with van der Waals surface area (Å²) in [4.78, 5) is -0.0131. The van der Waals surface area contributed by atoms with E-state index in [4.69, 9.17) is 23.2 Å². The van der Waals surface area contributed by atoms with Crippen LogP contribution in [0.15, 0.2) is 77.7 Å². The van der Waals surface area contributed by atoms with Crippen molar-refractivity contribution in [2.45, 2.75) is 11.4 Å². The van der Waals surface area contributed by atoms with Crippen molar-refractivity contribution in [3.8, 4) is 0 Å². The summed E-state index contributed by atoms with van der Waals surface area (Å²) in [6.07, 6.45) is 0. The molecule has 134 valence electrons. The lowest BCUT2D eigenvalue weighted by molar-refractivity contribution is 0.589. The fourth-order valence-electron chi connectivity index (χ4n) is 2.44. The molecule has 0 atom stereocenters. The molecule has 0 spiro atoms. The molecule has 3 aromatic rings. The number of hydrogen-bond donors (Lipinski definition) is 0. The van der Waals surface area contributed by atoms with Gasteiger partial charge in [-0.15, -0.1) is 0 Å². The number of nitrogens with zero attached hydrogens (tertiary/aromatic N) is 1. The van der Waals surface area contributed by atoms with Crippen LogP contribution in [0.2, 0.25) is 10.0 Å². The summed E-state index contributed by atoms with van der Waals surface area (Å²) in [7, 11) is -3.93. The van der Waals surface area contributed by atoms with Gasteiger partial charge in [0, 0.05) is 10.0 Å². The van der Waals surface area contributed by atoms with Crippen LogP contribution in [-0.4, -0.2) is 8.42 Å². The van der Waals surface area contributed by atoms with E-state index in [0.717, 1.165) is 12.1 Å². The molecule has 0 aliphatic heterocycles. The first-order chi connectivity index (χ1) is 12.4. The number of anilines is 1. The normalized spacial score (nSPS) is 11.3. The van der Waals surface area contributed by atoms with Crippen LogP contribution in [-0.2, 0) is 16.6 Å². The van der Waals surface area contributed by atoms with Gasteiger partial charge in [0.05, 0.1) is 17.1 Å². The lowest BCUT2D eigenvalue weighted by Gasteiger charge is -2.25. The van der Waals surface area contributed by atoms with Crippen molar-refractivity contribution in [3.05, 3.63) is 94.2 Å². The fourth-order valence-corrected chi connectivity index (χ4v) is 4.20. The van der Waals surface area contributed by atoms with Crippen molar-refractivity contribution in [1.29, 1.82) is 0 Å². The van der Waals surface area contributed by atoms with Crippen LogP contribution in [0.3, 0.4) is 0 Å². The second-order valence-electron chi connectivity index (χ2n) is 5.53. The zero-order valence-electron chi connectivity index (χ0n) is 13.4. The molecule has 0 radical (unpaired) electrons. The standard InChI is InChI=1S/C19H14Cl2FNO2S/c20-15-5-9-17(10-6-15)23(13-14-3-1-2-4-19(14)21)26(24,25)18-11-7-16(22)8-12-18/h1-12H,13H2. The molecule has 26 heavy (non-hydrogen) atoms.